The number of hydrogen-bond donors (Lipinski definition) is 2. The highest BCUT2D eigenvalue weighted by atomic mass is 16.1. The van der Waals surface area contributed by atoms with Gasteiger partial charge in [0.2, 0.25) is 0 Å². The van der Waals surface area contributed by atoms with Crippen LogP contribution < -0.4 is 32.5 Å². The molecule has 6 nitrogen and oxygen atoms in total. The van der Waals surface area contributed by atoms with Crippen molar-refractivity contribution >= 4 is 67.9 Å². The molecule has 0 unspecified atom stereocenters. The van der Waals surface area contributed by atoms with E-state index in [1.807, 2.05) is 69.3 Å². The van der Waals surface area contributed by atoms with Gasteiger partial charge in [0.25, 0.3) is 11.1 Å². The summed E-state index contributed by atoms with van der Waals surface area (Å²) in [5.41, 5.74) is 1.22. The smallest absolute Gasteiger partial charge is 0.264 e. The Morgan fingerprint density at radius 2 is 1.15 bits per heavy atom. The van der Waals surface area contributed by atoms with E-state index in [0.717, 1.165) is 48.6 Å². The van der Waals surface area contributed by atoms with E-state index in [4.69, 9.17) is 0 Å². The lowest BCUT2D eigenvalue weighted by Crippen LogP contribution is -2.33. The van der Waals surface area contributed by atoms with Crippen molar-refractivity contribution in [1.29, 1.82) is 0 Å². The van der Waals surface area contributed by atoms with Crippen LogP contribution in [0.25, 0.3) is 67.9 Å². The van der Waals surface area contributed by atoms with Gasteiger partial charge >= 0.3 is 0 Å². The molecule has 6 rings (SSSR count). The SMILES string of the molecule is C=C/C=c1\c(=C/C)[nH]c2c3ccc4c(=O)n5c(=C/C)/c(=C\C)[nH]c5c5ccc(c(=O)n12)c3c45. The van der Waals surface area contributed by atoms with Crippen LogP contribution >= 0.6 is 0 Å². The number of benzene rings is 2. The molecule has 0 saturated carbocycles. The standard InChI is InChI=1S/C27H22N4O2/c1-5-9-21-19(7-3)29-25-15-11-12-16-22-14(10-13-17(23(15)22)27(33)31(21)25)24-28-18(6-2)20(8-4)30(24)26(16)32/h5-13,28-29H,1H2,2-4H3/b18-6+,19-7+,20-8+,21-9+. The van der Waals surface area contributed by atoms with Gasteiger partial charge in [0.05, 0.1) is 21.4 Å². The number of fused-ring (bicyclic) bond motifs is 4. The number of nitrogens with one attached hydrogen (secondary N) is 2. The van der Waals surface area contributed by atoms with Crippen LogP contribution in [0.1, 0.15) is 20.8 Å². The zero-order chi connectivity index (χ0) is 23.0. The number of rotatable bonds is 1. The van der Waals surface area contributed by atoms with E-state index >= 15 is 0 Å². The molecule has 162 valence electrons. The number of allylic oxidation sites excluding steroid dienone is 1. The summed E-state index contributed by atoms with van der Waals surface area (Å²) in [7, 11) is 0. The normalized spacial score (nSPS) is 15.0. The highest BCUT2D eigenvalue weighted by molar-refractivity contribution is 6.27. The molecule has 33 heavy (non-hydrogen) atoms. The Balaban J connectivity index is 2.02. The summed E-state index contributed by atoms with van der Waals surface area (Å²) in [6, 6.07) is 7.63. The summed E-state index contributed by atoms with van der Waals surface area (Å²) in [5.74, 6) is 0. The van der Waals surface area contributed by atoms with Gasteiger partial charge in [0.1, 0.15) is 11.3 Å². The summed E-state index contributed by atoms with van der Waals surface area (Å²) in [5, 5.41) is 7.95. The fourth-order valence-electron chi connectivity index (χ4n) is 5.26. The number of aromatic amines is 2. The molecule has 2 N–H and O–H groups in total. The number of pyridine rings is 2. The van der Waals surface area contributed by atoms with Crippen molar-refractivity contribution in [2.45, 2.75) is 20.8 Å². The van der Waals surface area contributed by atoms with Crippen LogP contribution in [0.3, 0.4) is 0 Å². The van der Waals surface area contributed by atoms with Gasteiger partial charge in [-0.3, -0.25) is 18.4 Å². The lowest BCUT2D eigenvalue weighted by Gasteiger charge is -2.12. The minimum Gasteiger partial charge on any atom is -0.339 e. The molecule has 0 aliphatic rings. The van der Waals surface area contributed by atoms with Gasteiger partial charge < -0.3 is 9.97 Å². The zero-order valence-corrected chi connectivity index (χ0v) is 18.6. The predicted molar refractivity (Wildman–Crippen MR) is 137 cm³/mol. The van der Waals surface area contributed by atoms with Crippen LogP contribution in [-0.2, 0) is 0 Å². The number of imidazole rings is 2. The first-order valence-corrected chi connectivity index (χ1v) is 10.9. The van der Waals surface area contributed by atoms with Crippen molar-refractivity contribution in [3.63, 3.8) is 0 Å². The van der Waals surface area contributed by atoms with Crippen molar-refractivity contribution < 1.29 is 0 Å². The third-order valence-electron chi connectivity index (χ3n) is 6.65. The van der Waals surface area contributed by atoms with Gasteiger partial charge in [-0.15, -0.1) is 0 Å². The largest absolute Gasteiger partial charge is 0.339 e. The van der Waals surface area contributed by atoms with E-state index in [1.54, 1.807) is 14.9 Å². The topological polar surface area (TPSA) is 74.5 Å². The Kier molecular flexibility index (Phi) is 3.87. The summed E-state index contributed by atoms with van der Waals surface area (Å²) in [6.07, 6.45) is 9.35. The molecule has 4 heterocycles. The second-order valence-corrected chi connectivity index (χ2v) is 8.17. The minimum absolute atomic E-state index is 0.0979. The lowest BCUT2D eigenvalue weighted by atomic mass is 9.96. The molecule has 0 fully saturated rings. The van der Waals surface area contributed by atoms with Gasteiger partial charge in [-0.2, -0.15) is 0 Å². The number of nitrogens with zero attached hydrogens (tertiary/aromatic N) is 2. The lowest BCUT2D eigenvalue weighted by molar-refractivity contribution is 1.09. The monoisotopic (exact) mass is 434 g/mol. The Bertz CT molecular complexity index is 2170. The molecule has 0 amide bonds. The van der Waals surface area contributed by atoms with Crippen LogP contribution in [0, 0.1) is 0 Å². The summed E-state index contributed by atoms with van der Waals surface area (Å²) < 4.78 is 3.43. The van der Waals surface area contributed by atoms with E-state index in [2.05, 4.69) is 16.5 Å². The first kappa shape index (κ1) is 19.4. The fraction of sp³-hybridized carbons (Fsp3) is 0.111. The van der Waals surface area contributed by atoms with Crippen molar-refractivity contribution in [3.05, 3.63) is 79.0 Å². The van der Waals surface area contributed by atoms with Gasteiger partial charge in [-0.05, 0) is 51.1 Å². The molecule has 6 aromatic rings. The van der Waals surface area contributed by atoms with Crippen molar-refractivity contribution in [2.75, 3.05) is 0 Å². The first-order valence-electron chi connectivity index (χ1n) is 10.9. The second-order valence-electron chi connectivity index (χ2n) is 8.17. The summed E-state index contributed by atoms with van der Waals surface area (Å²) in [6.45, 7) is 9.61. The predicted octanol–water partition coefficient (Wildman–Crippen LogP) is 1.83. The molecular weight excluding hydrogens is 412 g/mol. The zero-order valence-electron chi connectivity index (χ0n) is 18.6. The van der Waals surface area contributed by atoms with E-state index < -0.39 is 0 Å². The second kappa shape index (κ2) is 6.59. The Morgan fingerprint density at radius 1 is 0.697 bits per heavy atom. The molecule has 0 aliphatic heterocycles. The van der Waals surface area contributed by atoms with Crippen LogP contribution in [0.5, 0.6) is 0 Å². The van der Waals surface area contributed by atoms with E-state index in [-0.39, 0.29) is 11.1 Å². The highest BCUT2D eigenvalue weighted by Gasteiger charge is 2.20. The number of H-pyrrole nitrogens is 2. The first-order chi connectivity index (χ1) is 16.0. The van der Waals surface area contributed by atoms with Crippen molar-refractivity contribution in [1.82, 2.24) is 18.8 Å². The van der Waals surface area contributed by atoms with Crippen LogP contribution in [-0.4, -0.2) is 18.8 Å². The van der Waals surface area contributed by atoms with E-state index in [0.29, 0.717) is 16.4 Å². The highest BCUT2D eigenvalue weighted by Crippen LogP contribution is 2.33. The Morgan fingerprint density at radius 3 is 1.61 bits per heavy atom. The molecule has 0 saturated heterocycles. The van der Waals surface area contributed by atoms with Gasteiger partial charge in [0, 0.05) is 32.3 Å². The van der Waals surface area contributed by atoms with Gasteiger partial charge in [0.15, 0.2) is 0 Å². The average Bonchev–Trinajstić information content (AvgIpc) is 3.40. The maximum absolute atomic E-state index is 13.7. The van der Waals surface area contributed by atoms with Crippen molar-refractivity contribution in [2.24, 2.45) is 0 Å². The maximum Gasteiger partial charge on any atom is 0.264 e. The third kappa shape index (κ3) is 2.22. The van der Waals surface area contributed by atoms with Gasteiger partial charge in [-0.25, -0.2) is 0 Å². The molecule has 4 aromatic heterocycles. The average molecular weight is 434 g/mol. The maximum atomic E-state index is 13.7. The Labute approximate surface area is 186 Å². The number of hydrogen-bond acceptors (Lipinski definition) is 2. The quantitative estimate of drug-likeness (QED) is 0.388. The molecule has 0 bridgehead atoms. The molecule has 2 aromatic carbocycles. The summed E-state index contributed by atoms with van der Waals surface area (Å²) >= 11 is 0. The van der Waals surface area contributed by atoms with Crippen LogP contribution in [0.2, 0.25) is 0 Å². The molecule has 0 radical (unpaired) electrons. The Hall–Kier alpha value is -4.32. The third-order valence-corrected chi connectivity index (χ3v) is 6.65. The van der Waals surface area contributed by atoms with E-state index in [1.165, 1.54) is 0 Å². The fourth-order valence-corrected chi connectivity index (χ4v) is 5.26. The van der Waals surface area contributed by atoms with Gasteiger partial charge in [-0.1, -0.05) is 30.9 Å². The number of aromatic nitrogens is 4. The molecular formula is C27H22N4O2. The molecule has 0 spiro atoms. The van der Waals surface area contributed by atoms with E-state index in [9.17, 15) is 9.59 Å². The molecule has 0 atom stereocenters. The molecule has 0 aliphatic carbocycles. The summed E-state index contributed by atoms with van der Waals surface area (Å²) in [4.78, 5) is 34.2. The van der Waals surface area contributed by atoms with Crippen LogP contribution in [0.4, 0.5) is 0 Å². The van der Waals surface area contributed by atoms with Crippen LogP contribution in [0.15, 0.2) is 46.5 Å². The minimum atomic E-state index is -0.124. The van der Waals surface area contributed by atoms with Crippen molar-refractivity contribution in [3.8, 4) is 0 Å². The molecule has 6 heteroatoms.